The van der Waals surface area contributed by atoms with Gasteiger partial charge in [-0.25, -0.2) is 4.79 Å². The Kier molecular flexibility index (Phi) is 13.2. The van der Waals surface area contributed by atoms with Crippen LogP contribution in [0.3, 0.4) is 0 Å². The number of aryl methyl sites for hydroxylation is 2. The second kappa shape index (κ2) is 16.0. The fourth-order valence-electron chi connectivity index (χ4n) is 4.18. The molecular weight excluding hydrogens is 506 g/mol. The molecule has 0 aromatic heterocycles. The molecule has 2 aromatic rings. The molecule has 2 fully saturated rings. The highest BCUT2D eigenvalue weighted by Gasteiger charge is 2.27. The number of amides is 1. The zero-order chi connectivity index (χ0) is 29.7. The topological polar surface area (TPSA) is 82.1 Å². The van der Waals surface area contributed by atoms with Crippen molar-refractivity contribution in [3.8, 4) is 11.5 Å². The summed E-state index contributed by atoms with van der Waals surface area (Å²) in [6.45, 7) is 13.1. The van der Waals surface area contributed by atoms with E-state index in [0.29, 0.717) is 19.0 Å². The minimum absolute atomic E-state index is 0.0220. The van der Waals surface area contributed by atoms with Crippen LogP contribution in [0.25, 0.3) is 0 Å². The van der Waals surface area contributed by atoms with Gasteiger partial charge in [-0.2, -0.15) is 0 Å². The summed E-state index contributed by atoms with van der Waals surface area (Å²) in [5.74, 6) is 2.45. The molecule has 7 nitrogen and oxygen atoms in total. The molecule has 7 heteroatoms. The van der Waals surface area contributed by atoms with E-state index in [2.05, 4.69) is 19.1 Å². The molecule has 2 aliphatic rings. The predicted molar refractivity (Wildman–Crippen MR) is 158 cm³/mol. The lowest BCUT2D eigenvalue weighted by molar-refractivity contribution is -0.112. The van der Waals surface area contributed by atoms with Crippen molar-refractivity contribution in [2.24, 2.45) is 11.8 Å². The van der Waals surface area contributed by atoms with E-state index in [-0.39, 0.29) is 17.8 Å². The van der Waals surface area contributed by atoms with Crippen molar-refractivity contribution < 1.29 is 28.6 Å². The number of benzene rings is 2. The van der Waals surface area contributed by atoms with Crippen LogP contribution in [0.4, 0.5) is 4.79 Å². The van der Waals surface area contributed by atoms with E-state index in [9.17, 15) is 14.4 Å². The normalized spacial score (nSPS) is 16.4. The van der Waals surface area contributed by atoms with Gasteiger partial charge in [0.1, 0.15) is 23.4 Å². The first-order valence-electron chi connectivity index (χ1n) is 14.3. The van der Waals surface area contributed by atoms with Gasteiger partial charge in [-0.05, 0) is 102 Å². The molecule has 2 aromatic carbocycles. The van der Waals surface area contributed by atoms with Crippen LogP contribution >= 0.6 is 0 Å². The summed E-state index contributed by atoms with van der Waals surface area (Å²) < 4.78 is 15.9. The smallest absolute Gasteiger partial charge is 0.410 e. The van der Waals surface area contributed by atoms with Crippen LogP contribution in [0.2, 0.25) is 0 Å². The Hall–Kier alpha value is -3.35. The number of aldehydes is 1. The lowest BCUT2D eigenvalue weighted by atomic mass is 10.0. The van der Waals surface area contributed by atoms with E-state index in [1.165, 1.54) is 18.4 Å². The van der Waals surface area contributed by atoms with Crippen LogP contribution in [0.15, 0.2) is 42.5 Å². The van der Waals surface area contributed by atoms with Crippen molar-refractivity contribution in [1.29, 1.82) is 0 Å². The van der Waals surface area contributed by atoms with Crippen molar-refractivity contribution in [3.05, 3.63) is 59.2 Å². The van der Waals surface area contributed by atoms with Crippen LogP contribution in [0.1, 0.15) is 81.8 Å². The lowest BCUT2D eigenvalue weighted by Crippen LogP contribution is -2.43. The molecule has 0 N–H and O–H groups in total. The largest absolute Gasteiger partial charge is 0.497 e. The molecule has 220 valence electrons. The first kappa shape index (κ1) is 32.9. The van der Waals surface area contributed by atoms with Crippen LogP contribution in [-0.2, 0) is 16.0 Å². The number of ether oxygens (including phenoxy) is 3. The molecule has 4 rings (SSSR count). The van der Waals surface area contributed by atoms with Crippen LogP contribution < -0.4 is 9.47 Å². The number of carbonyl (C=O) groups is 3. The van der Waals surface area contributed by atoms with Gasteiger partial charge in [-0.1, -0.05) is 31.2 Å². The highest BCUT2D eigenvalue weighted by atomic mass is 16.6. The standard InChI is InChI=1S/C13H16O2.C11H19NO3.C9H12O/c1-9-4-3-5-12(13(9)10(2)14)15-8-11-6-7-11;1-11(2,3)15-10(14)12-6-4-5-9(7-12)8-13;1-3-8-4-6-9(10-2)7-5-8/h3-5,11H,6-8H2,1-2H3;8-9H,4-7H2,1-3H3;4-7H,3H2,1-2H3. The molecule has 1 unspecified atom stereocenters. The van der Waals surface area contributed by atoms with Crippen molar-refractivity contribution >= 4 is 18.2 Å². The van der Waals surface area contributed by atoms with Gasteiger partial charge in [0.2, 0.25) is 0 Å². The number of ketones is 1. The second-order valence-corrected chi connectivity index (χ2v) is 11.4. The number of carbonyl (C=O) groups excluding carboxylic acids is 3. The summed E-state index contributed by atoms with van der Waals surface area (Å²) in [7, 11) is 1.68. The number of likely N-dealkylation sites (tertiary alicyclic amines) is 1. The Bertz CT molecular complexity index is 1060. The van der Waals surface area contributed by atoms with Gasteiger partial charge in [-0.15, -0.1) is 0 Å². The maximum atomic E-state index is 11.7. The number of piperidine rings is 1. The van der Waals surface area contributed by atoms with E-state index in [0.717, 1.165) is 54.8 Å². The van der Waals surface area contributed by atoms with E-state index in [1.807, 2.05) is 58.0 Å². The number of rotatable bonds is 7. The number of nitrogens with zero attached hydrogens (tertiary/aromatic N) is 1. The Morgan fingerprint density at radius 3 is 2.25 bits per heavy atom. The zero-order valence-corrected chi connectivity index (χ0v) is 25.3. The average Bonchev–Trinajstić information content (AvgIpc) is 3.76. The maximum absolute atomic E-state index is 11.7. The van der Waals surface area contributed by atoms with Crippen molar-refractivity contribution in [2.45, 2.75) is 79.2 Å². The SMILES string of the molecule is CC(=O)c1c(C)cccc1OCC1CC1.CC(C)(C)OC(=O)N1CCCC(C=O)C1.CCc1ccc(OC)cc1. The number of hydrogen-bond acceptors (Lipinski definition) is 6. The Morgan fingerprint density at radius 2 is 1.73 bits per heavy atom. The van der Waals surface area contributed by atoms with Gasteiger partial charge in [0.15, 0.2) is 5.78 Å². The first-order chi connectivity index (χ1) is 19.0. The molecule has 1 atom stereocenters. The van der Waals surface area contributed by atoms with Gasteiger partial charge in [0, 0.05) is 19.0 Å². The molecule has 0 bridgehead atoms. The van der Waals surface area contributed by atoms with Crippen LogP contribution in [0, 0.1) is 18.8 Å². The molecular formula is C33H47NO6. The fraction of sp³-hybridized carbons (Fsp3) is 0.545. The quantitative estimate of drug-likeness (QED) is 0.269. The van der Waals surface area contributed by atoms with Gasteiger partial charge in [0.25, 0.3) is 0 Å². The van der Waals surface area contributed by atoms with Crippen LogP contribution in [0.5, 0.6) is 11.5 Å². The molecule has 1 heterocycles. The van der Waals surface area contributed by atoms with Crippen LogP contribution in [-0.4, -0.2) is 55.5 Å². The summed E-state index contributed by atoms with van der Waals surface area (Å²) in [6, 6.07) is 13.9. The first-order valence-corrected chi connectivity index (χ1v) is 14.3. The average molecular weight is 554 g/mol. The molecule has 1 saturated carbocycles. The van der Waals surface area contributed by atoms with Crippen molar-refractivity contribution in [3.63, 3.8) is 0 Å². The Labute approximate surface area is 240 Å². The van der Waals surface area contributed by atoms with Gasteiger partial charge in [0.05, 0.1) is 19.3 Å². The Morgan fingerprint density at radius 1 is 1.05 bits per heavy atom. The van der Waals surface area contributed by atoms with Gasteiger partial charge >= 0.3 is 6.09 Å². The highest BCUT2D eigenvalue weighted by Crippen LogP contribution is 2.31. The molecule has 0 spiro atoms. The van der Waals surface area contributed by atoms with Gasteiger partial charge < -0.3 is 23.9 Å². The molecule has 1 aliphatic carbocycles. The minimum atomic E-state index is -0.467. The lowest BCUT2D eigenvalue weighted by Gasteiger charge is -2.32. The van der Waals surface area contributed by atoms with Crippen molar-refractivity contribution in [1.82, 2.24) is 4.90 Å². The molecule has 0 radical (unpaired) electrons. The fourth-order valence-corrected chi connectivity index (χ4v) is 4.18. The minimum Gasteiger partial charge on any atom is -0.497 e. The molecule has 1 saturated heterocycles. The van der Waals surface area contributed by atoms with Crippen molar-refractivity contribution in [2.75, 3.05) is 26.8 Å². The number of methoxy groups -OCH3 is 1. The van der Waals surface area contributed by atoms with E-state index in [1.54, 1.807) is 18.9 Å². The number of hydrogen-bond donors (Lipinski definition) is 0. The van der Waals surface area contributed by atoms with E-state index >= 15 is 0 Å². The molecule has 1 amide bonds. The summed E-state index contributed by atoms with van der Waals surface area (Å²) >= 11 is 0. The maximum Gasteiger partial charge on any atom is 0.410 e. The summed E-state index contributed by atoms with van der Waals surface area (Å²) in [5, 5.41) is 0. The third-order valence-electron chi connectivity index (χ3n) is 6.63. The third kappa shape index (κ3) is 11.8. The summed E-state index contributed by atoms with van der Waals surface area (Å²) in [5.41, 5.74) is 2.61. The van der Waals surface area contributed by atoms with E-state index in [4.69, 9.17) is 14.2 Å². The molecule has 40 heavy (non-hydrogen) atoms. The predicted octanol–water partition coefficient (Wildman–Crippen LogP) is 7.08. The van der Waals surface area contributed by atoms with E-state index < -0.39 is 5.60 Å². The van der Waals surface area contributed by atoms with Gasteiger partial charge in [-0.3, -0.25) is 4.79 Å². The second-order valence-electron chi connectivity index (χ2n) is 11.4. The number of Topliss-reactive ketones (excluding diaryl/α,β-unsaturated/α-hetero) is 1. The zero-order valence-electron chi connectivity index (χ0n) is 25.3. The summed E-state index contributed by atoms with van der Waals surface area (Å²) in [4.78, 5) is 35.4. The summed E-state index contributed by atoms with van der Waals surface area (Å²) in [6.07, 6.45) is 5.99. The monoisotopic (exact) mass is 553 g/mol. The highest BCUT2D eigenvalue weighted by molar-refractivity contribution is 5.98. The molecule has 1 aliphatic heterocycles. The third-order valence-corrected chi connectivity index (χ3v) is 6.63. The Balaban J connectivity index is 0.000000215.